The summed E-state index contributed by atoms with van der Waals surface area (Å²) in [5.74, 6) is 0.0274. The number of fused-ring (bicyclic) bond motifs is 3. The van der Waals surface area contributed by atoms with Crippen LogP contribution in [-0.4, -0.2) is 50.4 Å². The Balaban J connectivity index is 1.43. The van der Waals surface area contributed by atoms with Gasteiger partial charge in [-0.15, -0.1) is 0 Å². The molecule has 37 heavy (non-hydrogen) atoms. The molecule has 1 aliphatic heterocycles. The molecule has 0 bridgehead atoms. The van der Waals surface area contributed by atoms with Crippen LogP contribution in [0.4, 0.5) is 5.82 Å². The Kier molecular flexibility index (Phi) is 6.65. The molecule has 0 saturated heterocycles. The number of nitrogen functional groups attached to an aromatic ring is 1. The lowest BCUT2D eigenvalue weighted by atomic mass is 10.0. The number of nitrogens with zero attached hydrogens (tertiary/aromatic N) is 4. The van der Waals surface area contributed by atoms with Gasteiger partial charge in [-0.05, 0) is 42.3 Å². The van der Waals surface area contributed by atoms with Crippen LogP contribution in [0.15, 0.2) is 66.9 Å². The molecule has 4 aromatic rings. The highest BCUT2D eigenvalue weighted by Crippen LogP contribution is 2.27. The minimum atomic E-state index is -0.986. The van der Waals surface area contributed by atoms with Crippen molar-refractivity contribution in [3.63, 3.8) is 0 Å². The van der Waals surface area contributed by atoms with Crippen molar-refractivity contribution in [2.75, 3.05) is 18.0 Å². The van der Waals surface area contributed by atoms with Gasteiger partial charge in [-0.1, -0.05) is 30.3 Å². The fraction of sp³-hybridized carbons (Fsp3) is 0.222. The van der Waals surface area contributed by atoms with Gasteiger partial charge in [-0.2, -0.15) is 0 Å². The van der Waals surface area contributed by atoms with Crippen molar-refractivity contribution in [1.82, 2.24) is 19.9 Å². The SMILES string of the molecule is N=C(N)c1ccc(CC2NCCn3c2nc2cc(C(=O)N(CCC(=O)O)c4ccccn4)ccc23)cc1. The predicted octanol–water partition coefficient (Wildman–Crippen LogP) is 2.72. The molecule has 3 heterocycles. The Morgan fingerprint density at radius 1 is 1.14 bits per heavy atom. The second-order valence-corrected chi connectivity index (χ2v) is 8.94. The summed E-state index contributed by atoms with van der Waals surface area (Å²) in [6, 6.07) is 18.2. The second kappa shape index (κ2) is 10.2. The summed E-state index contributed by atoms with van der Waals surface area (Å²) in [5.41, 5.74) is 9.43. The van der Waals surface area contributed by atoms with Gasteiger partial charge in [0.25, 0.3) is 5.91 Å². The number of pyridine rings is 1. The van der Waals surface area contributed by atoms with Crippen molar-refractivity contribution in [3.8, 4) is 0 Å². The average molecular weight is 498 g/mol. The van der Waals surface area contributed by atoms with E-state index in [0.29, 0.717) is 22.5 Å². The third-order valence-corrected chi connectivity index (χ3v) is 6.49. The predicted molar refractivity (Wildman–Crippen MR) is 140 cm³/mol. The lowest BCUT2D eigenvalue weighted by Crippen LogP contribution is -2.34. The molecule has 0 fully saturated rings. The van der Waals surface area contributed by atoms with E-state index in [2.05, 4.69) is 14.9 Å². The third kappa shape index (κ3) is 5.05. The molecule has 10 heteroatoms. The van der Waals surface area contributed by atoms with E-state index in [1.165, 1.54) is 4.90 Å². The van der Waals surface area contributed by atoms with Crippen LogP contribution in [0.3, 0.4) is 0 Å². The number of hydrogen-bond acceptors (Lipinski definition) is 6. The number of nitrogens with one attached hydrogen (secondary N) is 2. The monoisotopic (exact) mass is 497 g/mol. The fourth-order valence-corrected chi connectivity index (χ4v) is 4.64. The molecule has 2 aromatic heterocycles. The Morgan fingerprint density at radius 2 is 1.92 bits per heavy atom. The maximum Gasteiger partial charge on any atom is 0.305 e. The number of amidine groups is 1. The summed E-state index contributed by atoms with van der Waals surface area (Å²) < 4.78 is 2.18. The van der Waals surface area contributed by atoms with Gasteiger partial charge in [0.2, 0.25) is 0 Å². The van der Waals surface area contributed by atoms with Gasteiger partial charge in [0.15, 0.2) is 0 Å². The first kappa shape index (κ1) is 24.1. The van der Waals surface area contributed by atoms with Crippen molar-refractivity contribution in [3.05, 3.63) is 89.4 Å². The van der Waals surface area contributed by atoms with Crippen molar-refractivity contribution in [2.45, 2.75) is 25.4 Å². The molecule has 1 unspecified atom stereocenters. The molecule has 1 amide bonds. The van der Waals surface area contributed by atoms with Gasteiger partial charge >= 0.3 is 5.97 Å². The maximum atomic E-state index is 13.4. The molecule has 10 nitrogen and oxygen atoms in total. The van der Waals surface area contributed by atoms with Crippen LogP contribution in [0, 0.1) is 5.41 Å². The molecule has 2 aromatic carbocycles. The summed E-state index contributed by atoms with van der Waals surface area (Å²) in [4.78, 5) is 35.2. The quantitative estimate of drug-likeness (QED) is 0.216. The number of aliphatic carboxylic acids is 1. The van der Waals surface area contributed by atoms with Crippen LogP contribution < -0.4 is 16.0 Å². The highest BCUT2D eigenvalue weighted by molar-refractivity contribution is 6.07. The number of carbonyl (C=O) groups is 2. The zero-order valence-electron chi connectivity index (χ0n) is 20.1. The topological polar surface area (TPSA) is 150 Å². The van der Waals surface area contributed by atoms with Gasteiger partial charge in [0.1, 0.15) is 17.5 Å². The van der Waals surface area contributed by atoms with E-state index in [4.69, 9.17) is 16.1 Å². The van der Waals surface area contributed by atoms with E-state index in [1.807, 2.05) is 30.3 Å². The van der Waals surface area contributed by atoms with Crippen LogP contribution in [0.1, 0.15) is 39.8 Å². The van der Waals surface area contributed by atoms with Gasteiger partial charge in [-0.3, -0.25) is 19.9 Å². The van der Waals surface area contributed by atoms with E-state index in [-0.39, 0.29) is 30.8 Å². The number of rotatable bonds is 8. The van der Waals surface area contributed by atoms with Gasteiger partial charge in [0.05, 0.1) is 23.5 Å². The van der Waals surface area contributed by atoms with Crippen LogP contribution in [0.2, 0.25) is 0 Å². The van der Waals surface area contributed by atoms with Crippen LogP contribution in [0.25, 0.3) is 11.0 Å². The highest BCUT2D eigenvalue weighted by atomic mass is 16.4. The number of carboxylic acid groups (broad SMARTS) is 1. The average Bonchev–Trinajstić information content (AvgIpc) is 3.28. The standard InChI is InChI=1S/C27H27N7O3/c28-25(29)18-6-4-17(5-7-18)15-21-26-32-20-16-19(8-9-22(20)33(26)14-12-30-21)27(37)34(13-10-24(35)36)23-3-1-2-11-31-23/h1-9,11,16,21,30H,10,12-15H2,(H3,28,29)(H,35,36). The number of hydrogen-bond donors (Lipinski definition) is 4. The summed E-state index contributed by atoms with van der Waals surface area (Å²) in [6.45, 7) is 1.56. The van der Waals surface area contributed by atoms with Crippen molar-refractivity contribution in [2.24, 2.45) is 5.73 Å². The van der Waals surface area contributed by atoms with E-state index in [0.717, 1.165) is 36.4 Å². The Morgan fingerprint density at radius 3 is 2.62 bits per heavy atom. The normalized spacial score (nSPS) is 14.8. The third-order valence-electron chi connectivity index (χ3n) is 6.49. The number of amides is 1. The van der Waals surface area contributed by atoms with E-state index in [9.17, 15) is 14.7 Å². The number of carbonyl (C=O) groups excluding carboxylic acids is 1. The van der Waals surface area contributed by atoms with Crippen molar-refractivity contribution >= 4 is 34.6 Å². The lowest BCUT2D eigenvalue weighted by molar-refractivity contribution is -0.136. The first-order valence-electron chi connectivity index (χ1n) is 12.0. The molecular formula is C27H27N7O3. The molecule has 5 N–H and O–H groups in total. The fourth-order valence-electron chi connectivity index (χ4n) is 4.64. The molecule has 0 aliphatic carbocycles. The zero-order valence-corrected chi connectivity index (χ0v) is 20.1. The van der Waals surface area contributed by atoms with E-state index >= 15 is 0 Å². The minimum absolute atomic E-state index is 0.0101. The van der Waals surface area contributed by atoms with Crippen molar-refractivity contribution < 1.29 is 14.7 Å². The molecule has 5 rings (SSSR count). The van der Waals surface area contributed by atoms with Gasteiger partial charge in [-0.25, -0.2) is 9.97 Å². The first-order valence-corrected chi connectivity index (χ1v) is 12.0. The van der Waals surface area contributed by atoms with Gasteiger partial charge in [0, 0.05) is 37.0 Å². The largest absolute Gasteiger partial charge is 0.481 e. The van der Waals surface area contributed by atoms with E-state index < -0.39 is 5.97 Å². The van der Waals surface area contributed by atoms with Crippen LogP contribution in [-0.2, 0) is 17.8 Å². The number of anilines is 1. The maximum absolute atomic E-state index is 13.4. The second-order valence-electron chi connectivity index (χ2n) is 8.94. The summed E-state index contributed by atoms with van der Waals surface area (Å²) >= 11 is 0. The number of carboxylic acids is 1. The number of benzene rings is 2. The smallest absolute Gasteiger partial charge is 0.305 e. The number of nitrogens with two attached hydrogens (primary N) is 1. The van der Waals surface area contributed by atoms with Crippen LogP contribution >= 0.6 is 0 Å². The molecule has 1 aliphatic rings. The molecule has 188 valence electrons. The Labute approximate surface area is 213 Å². The molecule has 1 atom stereocenters. The highest BCUT2D eigenvalue weighted by Gasteiger charge is 2.26. The zero-order chi connectivity index (χ0) is 25.9. The summed E-state index contributed by atoms with van der Waals surface area (Å²) in [5, 5.41) is 20.3. The lowest BCUT2D eigenvalue weighted by Gasteiger charge is -2.25. The summed E-state index contributed by atoms with van der Waals surface area (Å²) in [7, 11) is 0. The number of imidazole rings is 1. The van der Waals surface area contributed by atoms with Crippen LogP contribution in [0.5, 0.6) is 0 Å². The molecule has 0 radical (unpaired) electrons. The first-order chi connectivity index (χ1) is 17.9. The number of aromatic nitrogens is 3. The van der Waals surface area contributed by atoms with Crippen molar-refractivity contribution in [1.29, 1.82) is 5.41 Å². The molecule has 0 spiro atoms. The Hall–Kier alpha value is -4.57. The summed E-state index contributed by atoms with van der Waals surface area (Å²) in [6.07, 6.45) is 2.10. The Bertz CT molecular complexity index is 1460. The minimum Gasteiger partial charge on any atom is -0.481 e. The van der Waals surface area contributed by atoms with E-state index in [1.54, 1.807) is 36.5 Å². The molecule has 0 saturated carbocycles. The van der Waals surface area contributed by atoms with Gasteiger partial charge < -0.3 is 20.7 Å². The molecular weight excluding hydrogens is 470 g/mol.